The third kappa shape index (κ3) is 5.49. The number of hydrogen-bond acceptors (Lipinski definition) is 3. The molecule has 0 saturated heterocycles. The Bertz CT molecular complexity index is 857. The van der Waals surface area contributed by atoms with Crippen molar-refractivity contribution in [2.45, 2.75) is 12.5 Å². The smallest absolute Gasteiger partial charge is 0.461 e. The fourth-order valence-corrected chi connectivity index (χ4v) is 2.52. The molecule has 2 aromatic carbocycles. The molecular formula is C17H12Cl2F4N2O3. The fourth-order valence-electron chi connectivity index (χ4n) is 1.96. The number of benzene rings is 2. The van der Waals surface area contributed by atoms with Crippen molar-refractivity contribution in [1.29, 1.82) is 0 Å². The Balaban J connectivity index is 2.13. The zero-order valence-electron chi connectivity index (χ0n) is 14.1. The molecule has 0 saturated carbocycles. The number of ether oxygens (including phenoxy) is 2. The van der Waals surface area contributed by atoms with Crippen LogP contribution in [0.15, 0.2) is 47.5 Å². The van der Waals surface area contributed by atoms with E-state index in [2.05, 4.69) is 15.0 Å². The summed E-state index contributed by atoms with van der Waals surface area (Å²) >= 11 is 12.1. The van der Waals surface area contributed by atoms with E-state index >= 15 is 0 Å². The van der Waals surface area contributed by atoms with E-state index in [1.165, 1.54) is 31.4 Å². The summed E-state index contributed by atoms with van der Waals surface area (Å²) in [5.41, 5.74) is 0.351. The van der Waals surface area contributed by atoms with Crippen LogP contribution in [0.3, 0.4) is 0 Å². The SMILES string of the molecule is COC(=NC(=O)Nc1ccc(OC(F)(F)C(F)F)cc1)c1c(Cl)cccc1Cl. The first-order valence-corrected chi connectivity index (χ1v) is 8.22. The first kappa shape index (κ1) is 21.8. The van der Waals surface area contributed by atoms with Crippen molar-refractivity contribution < 1.29 is 31.8 Å². The van der Waals surface area contributed by atoms with Crippen molar-refractivity contribution in [3.05, 3.63) is 58.1 Å². The molecule has 0 aliphatic heterocycles. The maximum absolute atomic E-state index is 12.9. The van der Waals surface area contributed by atoms with Gasteiger partial charge in [0.1, 0.15) is 5.75 Å². The Morgan fingerprint density at radius 1 is 1.11 bits per heavy atom. The summed E-state index contributed by atoms with van der Waals surface area (Å²) in [6.07, 6.45) is -8.61. The molecule has 2 amide bonds. The van der Waals surface area contributed by atoms with Crippen LogP contribution in [0.1, 0.15) is 5.56 Å². The maximum Gasteiger partial charge on any atom is 0.461 e. The Hall–Kier alpha value is -2.52. The minimum Gasteiger partial charge on any atom is -0.480 e. The van der Waals surface area contributed by atoms with Crippen LogP contribution in [0, 0.1) is 0 Å². The van der Waals surface area contributed by atoms with Crippen LogP contribution >= 0.6 is 23.2 Å². The van der Waals surface area contributed by atoms with E-state index in [0.717, 1.165) is 12.1 Å². The van der Waals surface area contributed by atoms with Crippen molar-refractivity contribution in [2.24, 2.45) is 4.99 Å². The third-order valence-corrected chi connectivity index (χ3v) is 3.82. The molecule has 2 aromatic rings. The van der Waals surface area contributed by atoms with Gasteiger partial charge < -0.3 is 14.8 Å². The van der Waals surface area contributed by atoms with Gasteiger partial charge in [0.15, 0.2) is 0 Å². The summed E-state index contributed by atoms with van der Waals surface area (Å²) in [7, 11) is 1.26. The van der Waals surface area contributed by atoms with E-state index in [4.69, 9.17) is 27.9 Å². The molecule has 0 radical (unpaired) electrons. The minimum atomic E-state index is -4.63. The molecule has 0 spiro atoms. The van der Waals surface area contributed by atoms with Crippen LogP contribution < -0.4 is 10.1 Å². The van der Waals surface area contributed by atoms with E-state index < -0.39 is 24.3 Å². The molecule has 0 aliphatic carbocycles. The summed E-state index contributed by atoms with van der Waals surface area (Å²) in [6, 6.07) is 8.09. The van der Waals surface area contributed by atoms with E-state index in [-0.39, 0.29) is 27.2 Å². The number of alkyl halides is 4. The van der Waals surface area contributed by atoms with Crippen LogP contribution in [0.25, 0.3) is 0 Å². The first-order chi connectivity index (χ1) is 13.1. The van der Waals surface area contributed by atoms with Crippen LogP contribution in [0.4, 0.5) is 28.0 Å². The Kier molecular flexibility index (Phi) is 7.09. The first-order valence-electron chi connectivity index (χ1n) is 7.47. The lowest BCUT2D eigenvalue weighted by Crippen LogP contribution is -2.33. The molecule has 0 fully saturated rings. The van der Waals surface area contributed by atoms with Crippen LogP contribution in [0.2, 0.25) is 10.0 Å². The molecule has 11 heteroatoms. The van der Waals surface area contributed by atoms with Crippen molar-refractivity contribution in [3.63, 3.8) is 0 Å². The summed E-state index contributed by atoms with van der Waals surface area (Å²) in [5.74, 6) is -0.656. The van der Waals surface area contributed by atoms with E-state index in [1.807, 2.05) is 0 Å². The second-order valence-electron chi connectivity index (χ2n) is 5.14. The topological polar surface area (TPSA) is 59.9 Å². The summed E-state index contributed by atoms with van der Waals surface area (Å²) in [4.78, 5) is 15.8. The number of carbonyl (C=O) groups excluding carboxylic acids is 1. The molecular weight excluding hydrogens is 427 g/mol. The summed E-state index contributed by atoms with van der Waals surface area (Å²) in [5, 5.41) is 2.77. The number of methoxy groups -OCH3 is 1. The van der Waals surface area contributed by atoms with Gasteiger partial charge in [-0.25, -0.2) is 4.79 Å². The van der Waals surface area contributed by atoms with Gasteiger partial charge >= 0.3 is 18.6 Å². The Morgan fingerprint density at radius 3 is 2.18 bits per heavy atom. The van der Waals surface area contributed by atoms with E-state index in [1.54, 1.807) is 6.07 Å². The molecule has 150 valence electrons. The summed E-state index contributed by atoms with van der Waals surface area (Å²) in [6.45, 7) is 0. The van der Waals surface area contributed by atoms with Crippen molar-refractivity contribution in [1.82, 2.24) is 0 Å². The van der Waals surface area contributed by atoms with Gasteiger partial charge in [-0.2, -0.15) is 22.6 Å². The van der Waals surface area contributed by atoms with Crippen LogP contribution in [-0.4, -0.2) is 31.6 Å². The van der Waals surface area contributed by atoms with Crippen LogP contribution in [0.5, 0.6) is 5.75 Å². The highest BCUT2D eigenvalue weighted by atomic mass is 35.5. The molecule has 0 heterocycles. The van der Waals surface area contributed by atoms with Crippen molar-refractivity contribution >= 4 is 40.8 Å². The molecule has 0 atom stereocenters. The van der Waals surface area contributed by atoms with Gasteiger partial charge in [-0.05, 0) is 36.4 Å². The number of halogens is 6. The quantitative estimate of drug-likeness (QED) is 0.361. The number of urea groups is 1. The molecule has 0 unspecified atom stereocenters. The van der Waals surface area contributed by atoms with E-state index in [9.17, 15) is 22.4 Å². The minimum absolute atomic E-state index is 0.141. The fraction of sp³-hybridized carbons (Fsp3) is 0.176. The zero-order valence-corrected chi connectivity index (χ0v) is 15.6. The lowest BCUT2D eigenvalue weighted by Gasteiger charge is -2.16. The second-order valence-corrected chi connectivity index (χ2v) is 5.95. The lowest BCUT2D eigenvalue weighted by atomic mass is 10.2. The zero-order chi connectivity index (χ0) is 20.9. The highest BCUT2D eigenvalue weighted by Gasteiger charge is 2.43. The molecule has 28 heavy (non-hydrogen) atoms. The molecule has 2 rings (SSSR count). The normalized spacial score (nSPS) is 12.1. The highest BCUT2D eigenvalue weighted by molar-refractivity contribution is 6.39. The molecule has 5 nitrogen and oxygen atoms in total. The standard InChI is InChI=1S/C17H12Cl2F4N2O3/c1-27-14(13-11(18)3-2-4-12(13)19)25-16(26)24-9-5-7-10(8-6-9)28-17(22,23)15(20)21/h2-8,15H,1H3,(H,24,26). The average Bonchev–Trinajstić information content (AvgIpc) is 2.62. The predicted octanol–water partition coefficient (Wildman–Crippen LogP) is 5.86. The Morgan fingerprint density at radius 2 is 1.68 bits per heavy atom. The van der Waals surface area contributed by atoms with Crippen LogP contribution in [-0.2, 0) is 4.74 Å². The summed E-state index contributed by atoms with van der Waals surface area (Å²) < 4.78 is 58.9. The van der Waals surface area contributed by atoms with Gasteiger partial charge in [-0.3, -0.25) is 0 Å². The maximum atomic E-state index is 12.9. The lowest BCUT2D eigenvalue weighted by molar-refractivity contribution is -0.253. The number of anilines is 1. The third-order valence-electron chi connectivity index (χ3n) is 3.19. The van der Waals surface area contributed by atoms with Gasteiger partial charge in [0, 0.05) is 5.69 Å². The van der Waals surface area contributed by atoms with Gasteiger partial charge in [0.05, 0.1) is 22.7 Å². The number of nitrogens with one attached hydrogen (secondary N) is 1. The molecule has 0 aliphatic rings. The number of amides is 2. The molecule has 0 aromatic heterocycles. The number of nitrogens with zero attached hydrogens (tertiary/aromatic N) is 1. The second kappa shape index (κ2) is 9.11. The van der Waals surface area contributed by atoms with Gasteiger partial charge in [0.25, 0.3) is 0 Å². The average molecular weight is 439 g/mol. The predicted molar refractivity (Wildman–Crippen MR) is 97.0 cm³/mol. The number of carbonyl (C=O) groups is 1. The number of aliphatic imine (C=N–C) groups is 1. The number of hydrogen-bond donors (Lipinski definition) is 1. The molecule has 1 N–H and O–H groups in total. The van der Waals surface area contributed by atoms with Crippen molar-refractivity contribution in [3.8, 4) is 5.75 Å². The van der Waals surface area contributed by atoms with Gasteiger partial charge in [-0.15, -0.1) is 0 Å². The van der Waals surface area contributed by atoms with Crippen molar-refractivity contribution in [2.75, 3.05) is 12.4 Å². The van der Waals surface area contributed by atoms with E-state index in [0.29, 0.717) is 0 Å². The van der Waals surface area contributed by atoms with Gasteiger partial charge in [0.2, 0.25) is 5.90 Å². The molecule has 0 bridgehead atoms. The Labute approximate surface area is 166 Å². The van der Waals surface area contributed by atoms with Gasteiger partial charge in [-0.1, -0.05) is 29.3 Å². The number of rotatable bonds is 5. The largest absolute Gasteiger partial charge is 0.480 e. The highest BCUT2D eigenvalue weighted by Crippen LogP contribution is 2.28. The monoisotopic (exact) mass is 438 g/mol.